The second-order valence-corrected chi connectivity index (χ2v) is 6.56. The molecule has 0 aliphatic heterocycles. The third-order valence-corrected chi connectivity index (χ3v) is 4.09. The molecule has 0 atom stereocenters. The lowest BCUT2D eigenvalue weighted by Gasteiger charge is -2.11. The highest BCUT2D eigenvalue weighted by atomic mass is 32.1. The van der Waals surface area contributed by atoms with Crippen LogP contribution in [0.15, 0.2) is 0 Å². The molecule has 4 heteroatoms. The molecule has 0 aliphatic carbocycles. The van der Waals surface area contributed by atoms with E-state index in [1.54, 1.807) is 0 Å². The zero-order chi connectivity index (χ0) is 13.7. The number of rotatable bonds is 7. The number of hydrogen-bond donors (Lipinski definition) is 1. The van der Waals surface area contributed by atoms with Crippen molar-refractivity contribution in [3.8, 4) is 0 Å². The molecule has 0 spiro atoms. The van der Waals surface area contributed by atoms with Crippen molar-refractivity contribution in [2.45, 2.75) is 47.1 Å². The highest BCUT2D eigenvalue weighted by molar-refractivity contribution is 7.15. The summed E-state index contributed by atoms with van der Waals surface area (Å²) in [5.41, 5.74) is 1.26. The maximum absolute atomic E-state index is 4.78. The van der Waals surface area contributed by atoms with Crippen molar-refractivity contribution in [1.82, 2.24) is 10.3 Å². The zero-order valence-corrected chi connectivity index (χ0v) is 13.4. The Morgan fingerprint density at radius 3 is 2.44 bits per heavy atom. The minimum absolute atomic E-state index is 0.496. The Kier molecular flexibility index (Phi) is 6.09. The molecule has 0 bridgehead atoms. The van der Waals surface area contributed by atoms with Crippen LogP contribution in [0, 0.1) is 5.92 Å². The average Bonchev–Trinajstić information content (AvgIpc) is 2.72. The van der Waals surface area contributed by atoms with E-state index in [2.05, 4.69) is 51.9 Å². The second-order valence-electron chi connectivity index (χ2n) is 5.50. The number of aromatic nitrogens is 1. The maximum Gasteiger partial charge on any atom is 0.185 e. The van der Waals surface area contributed by atoms with Crippen LogP contribution in [0.3, 0.4) is 0 Å². The van der Waals surface area contributed by atoms with Crippen molar-refractivity contribution in [3.05, 3.63) is 10.6 Å². The summed E-state index contributed by atoms with van der Waals surface area (Å²) in [6, 6.07) is 0. The van der Waals surface area contributed by atoms with Gasteiger partial charge in [-0.05, 0) is 25.3 Å². The minimum atomic E-state index is 0.496. The van der Waals surface area contributed by atoms with E-state index in [0.717, 1.165) is 24.8 Å². The molecule has 1 aromatic rings. The Balaban J connectivity index is 2.77. The third kappa shape index (κ3) is 4.25. The van der Waals surface area contributed by atoms with Gasteiger partial charge < -0.3 is 10.2 Å². The lowest BCUT2D eigenvalue weighted by molar-refractivity contribution is 0.552. The second kappa shape index (κ2) is 7.10. The van der Waals surface area contributed by atoms with Crippen LogP contribution < -0.4 is 10.2 Å². The first-order valence-corrected chi connectivity index (χ1v) is 7.68. The van der Waals surface area contributed by atoms with E-state index in [1.165, 1.54) is 10.6 Å². The first kappa shape index (κ1) is 15.4. The van der Waals surface area contributed by atoms with Gasteiger partial charge in [0.05, 0.1) is 5.69 Å². The van der Waals surface area contributed by atoms with Gasteiger partial charge in [0, 0.05) is 25.0 Å². The maximum atomic E-state index is 4.78. The number of anilines is 1. The summed E-state index contributed by atoms with van der Waals surface area (Å²) in [6.07, 6.45) is 0. The summed E-state index contributed by atoms with van der Waals surface area (Å²) in [5.74, 6) is 1.19. The Bertz CT molecular complexity index is 358. The van der Waals surface area contributed by atoms with E-state index >= 15 is 0 Å². The lowest BCUT2D eigenvalue weighted by atomic mass is 10.1. The summed E-state index contributed by atoms with van der Waals surface area (Å²) >= 11 is 1.82. The van der Waals surface area contributed by atoms with Gasteiger partial charge in [-0.15, -0.1) is 11.3 Å². The van der Waals surface area contributed by atoms with Crippen LogP contribution >= 0.6 is 11.3 Å². The average molecular weight is 269 g/mol. The van der Waals surface area contributed by atoms with Crippen LogP contribution in [-0.2, 0) is 6.54 Å². The van der Waals surface area contributed by atoms with E-state index in [-0.39, 0.29) is 0 Å². The number of hydrogen-bond acceptors (Lipinski definition) is 4. The molecule has 0 amide bonds. The number of nitrogens with one attached hydrogen (secondary N) is 1. The van der Waals surface area contributed by atoms with Gasteiger partial charge in [0.2, 0.25) is 0 Å². The van der Waals surface area contributed by atoms with Crippen LogP contribution in [0.4, 0.5) is 5.13 Å². The van der Waals surface area contributed by atoms with E-state index in [1.807, 2.05) is 11.3 Å². The molecule has 1 rings (SSSR count). The highest BCUT2D eigenvalue weighted by Crippen LogP contribution is 2.30. The molecule has 0 aromatic carbocycles. The fraction of sp³-hybridized carbons (Fsp3) is 0.786. The molecule has 0 fully saturated rings. The molecule has 0 radical (unpaired) electrons. The predicted octanol–water partition coefficient (Wildman–Crippen LogP) is 3.47. The van der Waals surface area contributed by atoms with Gasteiger partial charge in [-0.25, -0.2) is 4.98 Å². The highest BCUT2D eigenvalue weighted by Gasteiger charge is 2.15. The van der Waals surface area contributed by atoms with Gasteiger partial charge in [-0.1, -0.05) is 27.7 Å². The fourth-order valence-corrected chi connectivity index (χ4v) is 2.91. The Labute approximate surface area is 116 Å². The summed E-state index contributed by atoms with van der Waals surface area (Å²) in [7, 11) is 2.11. The molecule has 0 unspecified atom stereocenters. The standard InChI is InChI=1S/C14H27N3S/c1-7-17(6)14-16-13(11(4)5)12(18-14)9-15-8-10(2)3/h10-11,15H,7-9H2,1-6H3. The van der Waals surface area contributed by atoms with Gasteiger partial charge >= 0.3 is 0 Å². The van der Waals surface area contributed by atoms with E-state index < -0.39 is 0 Å². The van der Waals surface area contributed by atoms with Gasteiger partial charge in [-0.3, -0.25) is 0 Å². The SMILES string of the molecule is CCN(C)c1nc(C(C)C)c(CNCC(C)C)s1. The molecule has 18 heavy (non-hydrogen) atoms. The summed E-state index contributed by atoms with van der Waals surface area (Å²) in [6.45, 7) is 14.1. The molecular formula is C14H27N3S. The quantitative estimate of drug-likeness (QED) is 0.821. The van der Waals surface area contributed by atoms with E-state index in [9.17, 15) is 0 Å². The predicted molar refractivity (Wildman–Crippen MR) is 81.7 cm³/mol. The van der Waals surface area contributed by atoms with Crippen molar-refractivity contribution in [2.24, 2.45) is 5.92 Å². The van der Waals surface area contributed by atoms with Crippen molar-refractivity contribution in [1.29, 1.82) is 0 Å². The summed E-state index contributed by atoms with van der Waals surface area (Å²) in [4.78, 5) is 8.38. The zero-order valence-electron chi connectivity index (χ0n) is 12.6. The van der Waals surface area contributed by atoms with Gasteiger partial charge in [0.25, 0.3) is 0 Å². The number of thiazole rings is 1. The van der Waals surface area contributed by atoms with E-state index in [4.69, 9.17) is 4.98 Å². The van der Waals surface area contributed by atoms with Crippen molar-refractivity contribution < 1.29 is 0 Å². The summed E-state index contributed by atoms with van der Waals surface area (Å²) in [5, 5.41) is 4.66. The first-order valence-electron chi connectivity index (χ1n) is 6.87. The number of nitrogens with zero attached hydrogens (tertiary/aromatic N) is 2. The Morgan fingerprint density at radius 2 is 1.94 bits per heavy atom. The normalized spacial score (nSPS) is 11.6. The molecule has 104 valence electrons. The van der Waals surface area contributed by atoms with Crippen LogP contribution in [0.25, 0.3) is 0 Å². The van der Waals surface area contributed by atoms with E-state index in [0.29, 0.717) is 11.8 Å². The van der Waals surface area contributed by atoms with Crippen molar-refractivity contribution in [3.63, 3.8) is 0 Å². The topological polar surface area (TPSA) is 28.2 Å². The molecule has 0 saturated carbocycles. The Morgan fingerprint density at radius 1 is 1.28 bits per heavy atom. The third-order valence-electron chi connectivity index (χ3n) is 2.90. The Hall–Kier alpha value is -0.610. The molecule has 0 aliphatic rings. The first-order chi connectivity index (χ1) is 8.45. The molecule has 3 nitrogen and oxygen atoms in total. The van der Waals surface area contributed by atoms with Crippen LogP contribution in [0.5, 0.6) is 0 Å². The van der Waals surface area contributed by atoms with Crippen molar-refractivity contribution in [2.75, 3.05) is 25.0 Å². The van der Waals surface area contributed by atoms with Gasteiger partial charge in [0.15, 0.2) is 5.13 Å². The lowest BCUT2D eigenvalue weighted by Crippen LogP contribution is -2.19. The monoisotopic (exact) mass is 269 g/mol. The van der Waals surface area contributed by atoms with Crippen LogP contribution in [0.2, 0.25) is 0 Å². The van der Waals surface area contributed by atoms with Crippen LogP contribution in [-0.4, -0.2) is 25.1 Å². The molecule has 1 aromatic heterocycles. The molecular weight excluding hydrogens is 242 g/mol. The molecule has 1 heterocycles. The minimum Gasteiger partial charge on any atom is -0.351 e. The van der Waals surface area contributed by atoms with Gasteiger partial charge in [0.1, 0.15) is 0 Å². The molecule has 0 saturated heterocycles. The summed E-state index contributed by atoms with van der Waals surface area (Å²) < 4.78 is 0. The largest absolute Gasteiger partial charge is 0.351 e. The van der Waals surface area contributed by atoms with Crippen molar-refractivity contribution >= 4 is 16.5 Å². The molecule has 1 N–H and O–H groups in total. The van der Waals surface area contributed by atoms with Gasteiger partial charge in [-0.2, -0.15) is 0 Å². The van der Waals surface area contributed by atoms with Crippen LogP contribution in [0.1, 0.15) is 51.1 Å². The smallest absolute Gasteiger partial charge is 0.185 e. The fourth-order valence-electron chi connectivity index (χ4n) is 1.70.